The normalized spacial score (nSPS) is 17.2. The maximum absolute atomic E-state index is 12.3. The molecule has 1 aromatic carbocycles. The lowest BCUT2D eigenvalue weighted by Gasteiger charge is -2.18. The number of halogens is 1. The van der Waals surface area contributed by atoms with E-state index < -0.39 is 16.0 Å². The fraction of sp³-hybridized carbons (Fsp3) is 0.346. The number of sulfonamides is 1. The Morgan fingerprint density at radius 3 is 2.61 bits per heavy atom. The van der Waals surface area contributed by atoms with E-state index in [1.54, 1.807) is 29.6 Å². The van der Waals surface area contributed by atoms with E-state index >= 15 is 0 Å². The molecule has 5 rings (SSSR count). The van der Waals surface area contributed by atoms with Gasteiger partial charge >= 0.3 is 5.97 Å². The Morgan fingerprint density at radius 2 is 1.95 bits per heavy atom. The number of aromatic nitrogens is 2. The van der Waals surface area contributed by atoms with Gasteiger partial charge in [-0.05, 0) is 73.5 Å². The molecule has 2 N–H and O–H groups in total. The molecular formula is C26H30BrN5O4S2. The third-order valence-electron chi connectivity index (χ3n) is 7.04. The van der Waals surface area contributed by atoms with Gasteiger partial charge in [-0.3, -0.25) is 4.98 Å². The Balaban J connectivity index is 0.00000336. The third kappa shape index (κ3) is 5.14. The summed E-state index contributed by atoms with van der Waals surface area (Å²) in [5.74, 6) is -0.851. The number of carboxylic acid groups (broad SMARTS) is 1. The summed E-state index contributed by atoms with van der Waals surface area (Å²) in [7, 11) is -3.22. The van der Waals surface area contributed by atoms with Gasteiger partial charge in [0.15, 0.2) is 0 Å². The lowest BCUT2D eigenvalue weighted by molar-refractivity contribution is 0.0697. The number of carbonyl (C=O) groups is 1. The van der Waals surface area contributed by atoms with Gasteiger partial charge in [0.05, 0.1) is 32.9 Å². The van der Waals surface area contributed by atoms with Gasteiger partial charge in [0, 0.05) is 54.4 Å². The van der Waals surface area contributed by atoms with Crippen LogP contribution in [0, 0.1) is 13.8 Å². The molecule has 2 aromatic heterocycles. The van der Waals surface area contributed by atoms with Gasteiger partial charge in [0.25, 0.3) is 0 Å². The number of hydrogen-bond donors (Lipinski definition) is 2. The van der Waals surface area contributed by atoms with Crippen LogP contribution in [0.2, 0.25) is 0 Å². The van der Waals surface area contributed by atoms with E-state index in [4.69, 9.17) is 4.99 Å². The Morgan fingerprint density at radius 1 is 1.24 bits per heavy atom. The number of nitrogens with one attached hydrogen (secondary N) is 1. The second kappa shape index (κ2) is 10.8. The third-order valence-corrected chi connectivity index (χ3v) is 9.49. The molecule has 202 valence electrons. The minimum absolute atomic E-state index is 0. The lowest BCUT2D eigenvalue weighted by atomic mass is 10.1. The minimum atomic E-state index is -3.22. The first-order valence-corrected chi connectivity index (χ1v) is 14.5. The van der Waals surface area contributed by atoms with Crippen LogP contribution in [0.25, 0.3) is 5.69 Å². The molecule has 3 aromatic rings. The van der Waals surface area contributed by atoms with E-state index in [1.165, 1.54) is 0 Å². The van der Waals surface area contributed by atoms with Crippen LogP contribution in [0.3, 0.4) is 0 Å². The fourth-order valence-corrected chi connectivity index (χ4v) is 6.64. The number of rotatable bonds is 7. The highest BCUT2D eigenvalue weighted by Gasteiger charge is 2.32. The van der Waals surface area contributed by atoms with Crippen molar-refractivity contribution >= 4 is 62.5 Å². The number of hydrogen-bond acceptors (Lipinski definition) is 6. The van der Waals surface area contributed by atoms with Gasteiger partial charge in [-0.15, -0.1) is 0 Å². The van der Waals surface area contributed by atoms with Crippen molar-refractivity contribution in [1.29, 1.82) is 0 Å². The van der Waals surface area contributed by atoms with Crippen molar-refractivity contribution < 1.29 is 18.3 Å². The molecule has 4 heterocycles. The van der Waals surface area contributed by atoms with Gasteiger partial charge < -0.3 is 15.0 Å². The van der Waals surface area contributed by atoms with Crippen molar-refractivity contribution in [2.45, 2.75) is 39.7 Å². The molecule has 2 aliphatic heterocycles. The highest BCUT2D eigenvalue weighted by atomic mass is 79.9. The van der Waals surface area contributed by atoms with Crippen LogP contribution in [0.15, 0.2) is 46.0 Å². The molecule has 12 heteroatoms. The summed E-state index contributed by atoms with van der Waals surface area (Å²) in [6, 6.07) is 8.91. The Kier molecular flexibility index (Phi) is 8.08. The zero-order chi connectivity index (χ0) is 26.5. The first-order valence-electron chi connectivity index (χ1n) is 12.1. The summed E-state index contributed by atoms with van der Waals surface area (Å²) in [4.78, 5) is 20.8. The summed E-state index contributed by atoms with van der Waals surface area (Å²) < 4.78 is 29.0. The topological polar surface area (TPSA) is 117 Å². The number of aromatic carboxylic acids is 1. The maximum Gasteiger partial charge on any atom is 0.335 e. The van der Waals surface area contributed by atoms with Crippen molar-refractivity contribution in [3.8, 4) is 5.69 Å². The number of benzene rings is 1. The number of pyridine rings is 1. The zero-order valence-electron chi connectivity index (χ0n) is 21.3. The van der Waals surface area contributed by atoms with E-state index in [0.29, 0.717) is 19.5 Å². The first-order chi connectivity index (χ1) is 17.6. The van der Waals surface area contributed by atoms with Crippen molar-refractivity contribution in [1.82, 2.24) is 13.9 Å². The smallest absolute Gasteiger partial charge is 0.335 e. The highest BCUT2D eigenvalue weighted by Crippen LogP contribution is 2.41. The SMILES string of the molecule is CCS(=O)(=O)N1CCC(Nc2c(Br)cnc3c2N=C(c2cc(C)n(-c4ccc(C(=O)O)cc4)c2C)C3)C1.S. The maximum atomic E-state index is 12.3. The van der Waals surface area contributed by atoms with Crippen LogP contribution in [0.1, 0.15) is 46.3 Å². The molecule has 0 amide bonds. The van der Waals surface area contributed by atoms with Crippen molar-refractivity contribution in [3.05, 3.63) is 69.2 Å². The summed E-state index contributed by atoms with van der Waals surface area (Å²) >= 11 is 3.61. The lowest BCUT2D eigenvalue weighted by Crippen LogP contribution is -2.32. The number of aliphatic imine (C=N–C) groups is 1. The van der Waals surface area contributed by atoms with Crippen LogP contribution < -0.4 is 5.32 Å². The van der Waals surface area contributed by atoms with E-state index in [-0.39, 0.29) is 30.9 Å². The summed E-state index contributed by atoms with van der Waals surface area (Å²) in [6.45, 7) is 6.65. The van der Waals surface area contributed by atoms with Gasteiger partial charge in [0.1, 0.15) is 5.69 Å². The Bertz CT molecular complexity index is 1530. The van der Waals surface area contributed by atoms with Crippen LogP contribution in [0.4, 0.5) is 11.4 Å². The second-order valence-electron chi connectivity index (χ2n) is 9.37. The quantitative estimate of drug-likeness (QED) is 0.400. The molecule has 0 aliphatic carbocycles. The van der Waals surface area contributed by atoms with Crippen LogP contribution in [-0.2, 0) is 16.4 Å². The molecule has 38 heavy (non-hydrogen) atoms. The predicted octanol–water partition coefficient (Wildman–Crippen LogP) is 4.58. The van der Waals surface area contributed by atoms with Gasteiger partial charge in [-0.2, -0.15) is 17.8 Å². The summed E-state index contributed by atoms with van der Waals surface area (Å²) in [6.07, 6.45) is 3.07. The molecule has 0 radical (unpaired) electrons. The predicted molar refractivity (Wildman–Crippen MR) is 157 cm³/mol. The second-order valence-corrected chi connectivity index (χ2v) is 12.5. The minimum Gasteiger partial charge on any atom is -0.478 e. The number of aryl methyl sites for hydroxylation is 1. The molecule has 0 spiro atoms. The number of anilines is 1. The van der Waals surface area contributed by atoms with Crippen molar-refractivity contribution in [3.63, 3.8) is 0 Å². The van der Waals surface area contributed by atoms with E-state index in [2.05, 4.69) is 36.9 Å². The van der Waals surface area contributed by atoms with Crippen LogP contribution >= 0.6 is 29.4 Å². The van der Waals surface area contributed by atoms with Gasteiger partial charge in [-0.1, -0.05) is 0 Å². The molecule has 9 nitrogen and oxygen atoms in total. The standard InChI is InChI=1S/C26H28BrN5O4S.H2S/c1-4-37(35,36)31-10-9-18(14-31)29-24-21(27)13-28-23-12-22(30-25(23)24)20-11-15(2)32(16(20)3)19-7-5-17(6-8-19)26(33)34;/h5-8,11,13,18H,4,9-10,12,14H2,1-3H3,(H,28,29)(H,33,34);1H2. The summed E-state index contributed by atoms with van der Waals surface area (Å²) in [5, 5.41) is 12.7. The van der Waals surface area contributed by atoms with E-state index in [0.717, 1.165) is 56.3 Å². The first kappa shape index (κ1) is 28.3. The molecule has 1 unspecified atom stereocenters. The zero-order valence-corrected chi connectivity index (χ0v) is 24.7. The van der Waals surface area contributed by atoms with Crippen molar-refractivity contribution in [2.24, 2.45) is 4.99 Å². The van der Waals surface area contributed by atoms with Crippen LogP contribution in [0.5, 0.6) is 0 Å². The average Bonchev–Trinajstić information content (AvgIpc) is 3.58. The molecule has 0 saturated carbocycles. The molecular weight excluding hydrogens is 590 g/mol. The van der Waals surface area contributed by atoms with Crippen molar-refractivity contribution in [2.75, 3.05) is 24.2 Å². The average molecular weight is 621 g/mol. The van der Waals surface area contributed by atoms with Gasteiger partial charge in [-0.25, -0.2) is 18.2 Å². The number of fused-ring (bicyclic) bond motifs is 1. The highest BCUT2D eigenvalue weighted by molar-refractivity contribution is 9.10. The number of nitrogens with zero attached hydrogens (tertiary/aromatic N) is 4. The molecule has 0 bridgehead atoms. The molecule has 1 saturated heterocycles. The van der Waals surface area contributed by atoms with Gasteiger partial charge in [0.2, 0.25) is 10.0 Å². The Hall–Kier alpha value is -2.67. The summed E-state index contributed by atoms with van der Waals surface area (Å²) in [5.41, 5.74) is 7.56. The molecule has 2 aliphatic rings. The van der Waals surface area contributed by atoms with Crippen LogP contribution in [-0.4, -0.2) is 63.9 Å². The number of carboxylic acids is 1. The molecule has 1 fully saturated rings. The monoisotopic (exact) mass is 619 g/mol. The largest absolute Gasteiger partial charge is 0.478 e. The fourth-order valence-electron chi connectivity index (χ4n) is 5.08. The van der Waals surface area contributed by atoms with E-state index in [9.17, 15) is 18.3 Å². The Labute approximate surface area is 237 Å². The van der Waals surface area contributed by atoms with E-state index in [1.807, 2.05) is 26.0 Å². The molecule has 1 atom stereocenters.